The van der Waals surface area contributed by atoms with Crippen molar-refractivity contribution in [3.63, 3.8) is 0 Å². The Balaban J connectivity index is 1.31. The van der Waals surface area contributed by atoms with Crippen molar-refractivity contribution in [3.8, 4) is 11.5 Å². The molecular weight excluding hydrogens is 520 g/mol. The molecule has 2 aliphatic rings. The van der Waals surface area contributed by atoms with Crippen LogP contribution in [0.15, 0.2) is 54.7 Å². The molecule has 2 aliphatic heterocycles. The number of aromatic nitrogens is 2. The van der Waals surface area contributed by atoms with Crippen molar-refractivity contribution in [2.24, 2.45) is 5.92 Å². The van der Waals surface area contributed by atoms with Gasteiger partial charge in [0.25, 0.3) is 0 Å². The number of fused-ring (bicyclic) bond motifs is 1. The summed E-state index contributed by atoms with van der Waals surface area (Å²) in [5.41, 5.74) is 2.47. The van der Waals surface area contributed by atoms with Crippen LogP contribution in [0.5, 0.6) is 11.5 Å². The van der Waals surface area contributed by atoms with Crippen molar-refractivity contribution in [3.05, 3.63) is 77.1 Å². The lowest BCUT2D eigenvalue weighted by molar-refractivity contribution is -0.132. The number of aryl methyl sites for hydroxylation is 1. The van der Waals surface area contributed by atoms with Crippen LogP contribution >= 0.6 is 0 Å². The van der Waals surface area contributed by atoms with Gasteiger partial charge in [0.05, 0.1) is 25.3 Å². The average Bonchev–Trinajstić information content (AvgIpc) is 3.30. The number of ether oxygens (including phenoxy) is 2. The summed E-state index contributed by atoms with van der Waals surface area (Å²) in [6.07, 6.45) is 6.79. The molecule has 0 saturated carbocycles. The molecule has 0 spiro atoms. The van der Waals surface area contributed by atoms with Gasteiger partial charge in [-0.1, -0.05) is 50.1 Å². The highest BCUT2D eigenvalue weighted by Crippen LogP contribution is 2.33. The zero-order valence-corrected chi connectivity index (χ0v) is 23.8. The topological polar surface area (TPSA) is 105 Å². The number of carboxylic acid groups (broad SMARTS) is 1. The lowest BCUT2D eigenvalue weighted by atomic mass is 9.98. The Morgan fingerprint density at radius 2 is 1.88 bits per heavy atom. The van der Waals surface area contributed by atoms with Crippen molar-refractivity contribution < 1.29 is 24.2 Å². The summed E-state index contributed by atoms with van der Waals surface area (Å²) in [6, 6.07) is 15.5. The van der Waals surface area contributed by atoms with Crippen LogP contribution in [0.2, 0.25) is 0 Å². The molecule has 2 aromatic carbocycles. The first kappa shape index (κ1) is 28.4. The predicted molar refractivity (Wildman–Crippen MR) is 156 cm³/mol. The minimum Gasteiger partial charge on any atom is -0.496 e. The van der Waals surface area contributed by atoms with Gasteiger partial charge in [-0.3, -0.25) is 4.79 Å². The van der Waals surface area contributed by atoms with Crippen molar-refractivity contribution in [2.45, 2.75) is 58.1 Å². The molecule has 1 N–H and O–H groups in total. The summed E-state index contributed by atoms with van der Waals surface area (Å²) in [6.45, 7) is 4.20. The van der Waals surface area contributed by atoms with Gasteiger partial charge in [-0.2, -0.15) is 0 Å². The van der Waals surface area contributed by atoms with E-state index in [1.807, 2.05) is 53.4 Å². The van der Waals surface area contributed by atoms with Gasteiger partial charge < -0.3 is 24.4 Å². The summed E-state index contributed by atoms with van der Waals surface area (Å²) in [7, 11) is 1.62. The lowest BCUT2D eigenvalue weighted by Crippen LogP contribution is -2.45. The standard InChI is InChI=1S/C32H38N4O5/c1-3-8-22-12-14-25(15-13-22)41-21-27-26(31(38)39)18-33-32(34-27)35-19-24-10-6-7-16-36(28(24)20-35)30(37)17-23-9-4-5-11-29(23)40-2/h4-5,9,11-15,18,24,28H,3,6-8,10,16-17,19-21H2,1-2H3,(H,38,39). The highest BCUT2D eigenvalue weighted by molar-refractivity contribution is 5.88. The van der Waals surface area contributed by atoms with Crippen molar-refractivity contribution >= 4 is 17.8 Å². The fourth-order valence-electron chi connectivity index (χ4n) is 5.97. The first-order valence-corrected chi connectivity index (χ1v) is 14.4. The van der Waals surface area contributed by atoms with Crippen LogP contribution in [-0.2, 0) is 24.2 Å². The maximum atomic E-state index is 13.6. The van der Waals surface area contributed by atoms with Crippen LogP contribution in [0.25, 0.3) is 0 Å². The molecule has 0 radical (unpaired) electrons. The number of carbonyl (C=O) groups excluding carboxylic acids is 1. The Morgan fingerprint density at radius 1 is 1.07 bits per heavy atom. The summed E-state index contributed by atoms with van der Waals surface area (Å²) in [4.78, 5) is 38.7. The van der Waals surface area contributed by atoms with Gasteiger partial charge in [-0.15, -0.1) is 0 Å². The third-order valence-corrected chi connectivity index (χ3v) is 8.09. The number of amides is 1. The molecular formula is C32H38N4O5. The first-order valence-electron chi connectivity index (χ1n) is 14.4. The molecule has 1 aromatic heterocycles. The van der Waals surface area contributed by atoms with Crippen LogP contribution in [0.4, 0.5) is 5.95 Å². The molecule has 2 unspecified atom stereocenters. The molecule has 1 amide bonds. The minimum absolute atomic E-state index is 0.0223. The Labute approximate surface area is 241 Å². The van der Waals surface area contributed by atoms with E-state index in [9.17, 15) is 14.7 Å². The van der Waals surface area contributed by atoms with Gasteiger partial charge in [0.1, 0.15) is 23.7 Å². The highest BCUT2D eigenvalue weighted by atomic mass is 16.5. The van der Waals surface area contributed by atoms with Crippen molar-refractivity contribution in [2.75, 3.05) is 31.6 Å². The largest absolute Gasteiger partial charge is 0.496 e. The lowest BCUT2D eigenvalue weighted by Gasteiger charge is -2.30. The zero-order chi connectivity index (χ0) is 28.8. The fourth-order valence-corrected chi connectivity index (χ4v) is 5.97. The first-order chi connectivity index (χ1) is 20.0. The summed E-state index contributed by atoms with van der Waals surface area (Å²) >= 11 is 0. The monoisotopic (exact) mass is 558 g/mol. The van der Waals surface area contributed by atoms with Gasteiger partial charge in [-0.05, 0) is 48.9 Å². The second-order valence-corrected chi connectivity index (χ2v) is 10.8. The van der Waals surface area contributed by atoms with Gasteiger partial charge in [0, 0.05) is 31.4 Å². The molecule has 5 rings (SSSR count). The maximum Gasteiger partial charge on any atom is 0.339 e. The van der Waals surface area contributed by atoms with E-state index in [4.69, 9.17) is 9.47 Å². The van der Waals surface area contributed by atoms with Gasteiger partial charge in [0.15, 0.2) is 0 Å². The number of rotatable bonds is 10. The number of carbonyl (C=O) groups is 2. The van der Waals surface area contributed by atoms with Crippen LogP contribution in [0, 0.1) is 5.92 Å². The molecule has 3 aromatic rings. The number of carboxylic acids is 1. The van der Waals surface area contributed by atoms with E-state index in [-0.39, 0.29) is 30.5 Å². The normalized spacial score (nSPS) is 18.5. The van der Waals surface area contributed by atoms with E-state index < -0.39 is 5.97 Å². The Hall–Kier alpha value is -4.14. The van der Waals surface area contributed by atoms with Crippen LogP contribution in [0.1, 0.15) is 59.8 Å². The smallest absolute Gasteiger partial charge is 0.339 e. The van der Waals surface area contributed by atoms with E-state index in [0.29, 0.717) is 36.4 Å². The number of para-hydroxylation sites is 1. The Morgan fingerprint density at radius 3 is 2.63 bits per heavy atom. The van der Waals surface area contributed by atoms with Crippen LogP contribution in [0.3, 0.4) is 0 Å². The molecule has 3 heterocycles. The fraction of sp³-hybridized carbons (Fsp3) is 0.438. The van der Waals surface area contributed by atoms with Gasteiger partial charge in [-0.25, -0.2) is 14.8 Å². The SMILES string of the molecule is CCCc1ccc(OCc2nc(N3CC4CCCCN(C(=O)Cc5ccccc5OC)C4C3)ncc2C(=O)O)cc1. The molecule has 0 bridgehead atoms. The van der Waals surface area contributed by atoms with E-state index in [1.54, 1.807) is 7.11 Å². The number of nitrogens with zero attached hydrogens (tertiary/aromatic N) is 4. The zero-order valence-electron chi connectivity index (χ0n) is 23.8. The number of methoxy groups -OCH3 is 1. The number of likely N-dealkylation sites (tertiary alicyclic amines) is 1. The number of benzene rings is 2. The van der Waals surface area contributed by atoms with Crippen molar-refractivity contribution in [1.29, 1.82) is 0 Å². The quantitative estimate of drug-likeness (QED) is 0.379. The Bertz CT molecular complexity index is 1360. The summed E-state index contributed by atoms with van der Waals surface area (Å²) < 4.78 is 11.4. The van der Waals surface area contributed by atoms with Gasteiger partial charge >= 0.3 is 5.97 Å². The number of aromatic carboxylic acids is 1. The van der Waals surface area contributed by atoms with Crippen LogP contribution < -0.4 is 14.4 Å². The molecule has 2 fully saturated rings. The number of hydrogen-bond donors (Lipinski definition) is 1. The van der Waals surface area contributed by atoms with Gasteiger partial charge in [0.2, 0.25) is 11.9 Å². The summed E-state index contributed by atoms with van der Waals surface area (Å²) in [5, 5.41) is 9.77. The van der Waals surface area contributed by atoms with E-state index >= 15 is 0 Å². The Kier molecular flexibility index (Phi) is 9.01. The molecule has 2 atom stereocenters. The molecule has 216 valence electrons. The second-order valence-electron chi connectivity index (χ2n) is 10.8. The van der Waals surface area contributed by atoms with E-state index in [0.717, 1.165) is 50.0 Å². The third-order valence-electron chi connectivity index (χ3n) is 8.09. The van der Waals surface area contributed by atoms with Crippen molar-refractivity contribution in [1.82, 2.24) is 14.9 Å². The van der Waals surface area contributed by atoms with Crippen LogP contribution in [-0.4, -0.2) is 64.6 Å². The van der Waals surface area contributed by atoms with E-state index in [2.05, 4.69) is 21.8 Å². The highest BCUT2D eigenvalue weighted by Gasteiger charge is 2.40. The number of anilines is 1. The maximum absolute atomic E-state index is 13.6. The average molecular weight is 559 g/mol. The molecule has 41 heavy (non-hydrogen) atoms. The number of hydrogen-bond acceptors (Lipinski definition) is 7. The second kappa shape index (κ2) is 13.0. The molecule has 9 nitrogen and oxygen atoms in total. The molecule has 9 heteroatoms. The third kappa shape index (κ3) is 6.61. The molecule has 2 saturated heterocycles. The van der Waals surface area contributed by atoms with E-state index in [1.165, 1.54) is 11.8 Å². The summed E-state index contributed by atoms with van der Waals surface area (Å²) in [5.74, 6) is 1.15. The molecule has 0 aliphatic carbocycles. The predicted octanol–water partition coefficient (Wildman–Crippen LogP) is 4.77. The minimum atomic E-state index is -1.09.